The summed E-state index contributed by atoms with van der Waals surface area (Å²) < 4.78 is 33.5. The Morgan fingerprint density at radius 3 is 1.37 bits per heavy atom. The van der Waals surface area contributed by atoms with Crippen LogP contribution >= 0.6 is 0 Å². The molecule has 2 heterocycles. The second-order valence-electron chi connectivity index (χ2n) is 18.0. The third-order valence-electron chi connectivity index (χ3n) is 12.2. The van der Waals surface area contributed by atoms with Gasteiger partial charge in [0.05, 0.1) is 19.8 Å². The molecule has 0 aromatic rings. The van der Waals surface area contributed by atoms with Crippen LogP contribution in [0.1, 0.15) is 187 Å². The molecular weight excluding hydrogens is 841 g/mol. The van der Waals surface area contributed by atoms with E-state index in [4.69, 9.17) is 28.4 Å². The van der Waals surface area contributed by atoms with Gasteiger partial charge in [-0.15, -0.1) is 0 Å². The summed E-state index contributed by atoms with van der Waals surface area (Å²) in [6, 6.07) is 0. The minimum atomic E-state index is -1.76. The normalized spacial score (nSPS) is 26.5. The first-order chi connectivity index (χ1) is 31.5. The van der Waals surface area contributed by atoms with Crippen molar-refractivity contribution in [3.8, 4) is 0 Å². The maximum atomic E-state index is 13.0. The van der Waals surface area contributed by atoms with E-state index in [1.54, 1.807) is 0 Å². The highest BCUT2D eigenvalue weighted by Gasteiger charge is 2.47. The van der Waals surface area contributed by atoms with E-state index in [0.29, 0.717) is 12.8 Å². The lowest BCUT2D eigenvalue weighted by Crippen LogP contribution is -2.61. The van der Waals surface area contributed by atoms with E-state index in [-0.39, 0.29) is 26.1 Å². The Balaban J connectivity index is 1.82. The van der Waals surface area contributed by atoms with Crippen LogP contribution in [-0.2, 0) is 38.0 Å². The van der Waals surface area contributed by atoms with Crippen LogP contribution in [0.15, 0.2) is 24.3 Å². The molecule has 0 spiro atoms. The number of esters is 2. The van der Waals surface area contributed by atoms with Crippen molar-refractivity contribution in [1.82, 2.24) is 0 Å². The van der Waals surface area contributed by atoms with E-state index < -0.39 is 92.7 Å². The van der Waals surface area contributed by atoms with Crippen LogP contribution < -0.4 is 0 Å². The van der Waals surface area contributed by atoms with Crippen molar-refractivity contribution in [2.75, 3.05) is 26.4 Å². The summed E-state index contributed by atoms with van der Waals surface area (Å²) in [4.78, 5) is 25.7. The third-order valence-corrected chi connectivity index (χ3v) is 12.2. The summed E-state index contributed by atoms with van der Waals surface area (Å²) in [7, 11) is 0. The van der Waals surface area contributed by atoms with Crippen molar-refractivity contribution >= 4 is 11.9 Å². The van der Waals surface area contributed by atoms with Crippen molar-refractivity contribution in [2.24, 2.45) is 0 Å². The van der Waals surface area contributed by atoms with Crippen LogP contribution in [0.5, 0.6) is 0 Å². The molecule has 4 unspecified atom stereocenters. The fraction of sp³-hybridized carbons (Fsp3) is 0.880. The number of hydrogen-bond acceptors (Lipinski definition) is 15. The van der Waals surface area contributed by atoms with E-state index in [1.165, 1.54) is 83.5 Å². The van der Waals surface area contributed by atoms with Gasteiger partial charge in [0.15, 0.2) is 18.7 Å². The average Bonchev–Trinajstić information content (AvgIpc) is 3.30. The zero-order valence-electron chi connectivity index (χ0n) is 40.0. The Hall–Kier alpha value is -2.02. The first-order valence-corrected chi connectivity index (χ1v) is 25.4. The Morgan fingerprint density at radius 2 is 0.877 bits per heavy atom. The van der Waals surface area contributed by atoms with Gasteiger partial charge >= 0.3 is 11.9 Å². The van der Waals surface area contributed by atoms with E-state index in [0.717, 1.165) is 64.2 Å². The molecule has 0 aliphatic carbocycles. The number of rotatable bonds is 39. The van der Waals surface area contributed by atoms with Gasteiger partial charge in [0.2, 0.25) is 0 Å². The molecule has 15 nitrogen and oxygen atoms in total. The van der Waals surface area contributed by atoms with Crippen LogP contribution in [0, 0.1) is 0 Å². The molecule has 65 heavy (non-hydrogen) atoms. The van der Waals surface area contributed by atoms with Crippen LogP contribution in [0.2, 0.25) is 0 Å². The number of allylic oxidation sites excluding steroid dienone is 4. The van der Waals surface area contributed by atoms with Crippen LogP contribution in [0.4, 0.5) is 0 Å². The number of carbonyl (C=O) groups is 2. The first kappa shape index (κ1) is 59.1. The largest absolute Gasteiger partial charge is 0.462 e. The standard InChI is InChI=1S/C50H90O15/c1-3-5-7-9-11-13-15-17-19-21-22-24-26-28-30-32-41(52)60-35-38(63-42(53)33-31-29-27-25-23-20-18-16-14-12-10-8-6-4-2)36-61-49-48(59)46(57)44(55)40(65-49)37-62-50-47(58)45(56)43(54)39(34-51)64-50/h13,15-16,18,38-40,43-51,54-59H,3-12,14,17,19-37H2,1-2H3/b15-13+,18-16+/t38-,39-,40-,43+,44+,45?,46?,47?,48?,49-,50-/m1/s1. The van der Waals surface area contributed by atoms with Crippen molar-refractivity contribution in [3.05, 3.63) is 24.3 Å². The van der Waals surface area contributed by atoms with Crippen LogP contribution in [-0.4, -0.2) is 142 Å². The van der Waals surface area contributed by atoms with Gasteiger partial charge in [0.25, 0.3) is 0 Å². The zero-order valence-corrected chi connectivity index (χ0v) is 40.0. The molecule has 2 saturated heterocycles. The monoisotopic (exact) mass is 931 g/mol. The summed E-state index contributed by atoms with van der Waals surface area (Å²) in [5, 5.41) is 72.0. The second-order valence-corrected chi connectivity index (χ2v) is 18.0. The molecule has 0 saturated carbocycles. The predicted molar refractivity (Wildman–Crippen MR) is 247 cm³/mol. The van der Waals surface area contributed by atoms with E-state index in [9.17, 15) is 45.3 Å². The number of carbonyl (C=O) groups excluding carboxylic acids is 2. The molecule has 0 bridgehead atoms. The number of aliphatic hydroxyl groups excluding tert-OH is 7. The summed E-state index contributed by atoms with van der Waals surface area (Å²) in [5.41, 5.74) is 0. The minimum absolute atomic E-state index is 0.156. The average molecular weight is 931 g/mol. The van der Waals surface area contributed by atoms with E-state index in [2.05, 4.69) is 38.2 Å². The fourth-order valence-electron chi connectivity index (χ4n) is 7.91. The number of unbranched alkanes of at least 4 members (excludes halogenated alkanes) is 21. The molecule has 0 aromatic heterocycles. The Kier molecular flexibility index (Phi) is 34.5. The van der Waals surface area contributed by atoms with Gasteiger partial charge in [0, 0.05) is 12.8 Å². The van der Waals surface area contributed by atoms with Crippen molar-refractivity contribution in [1.29, 1.82) is 0 Å². The molecule has 2 aliphatic heterocycles. The first-order valence-electron chi connectivity index (χ1n) is 25.4. The summed E-state index contributed by atoms with van der Waals surface area (Å²) in [6.07, 6.45) is 20.6. The third kappa shape index (κ3) is 26.4. The molecule has 2 aliphatic rings. The highest BCUT2D eigenvalue weighted by molar-refractivity contribution is 5.70. The number of ether oxygens (including phenoxy) is 6. The maximum absolute atomic E-state index is 13.0. The topological polar surface area (TPSA) is 231 Å². The lowest BCUT2D eigenvalue weighted by Gasteiger charge is -2.42. The Labute approximate surface area is 390 Å². The van der Waals surface area contributed by atoms with Gasteiger partial charge in [-0.1, -0.05) is 134 Å². The summed E-state index contributed by atoms with van der Waals surface area (Å²) in [5.74, 6) is -0.937. The Bertz CT molecular complexity index is 1230. The van der Waals surface area contributed by atoms with Crippen LogP contribution in [0.3, 0.4) is 0 Å². The molecule has 0 aromatic carbocycles. The predicted octanol–water partition coefficient (Wildman–Crippen LogP) is 6.77. The number of hydrogen-bond donors (Lipinski definition) is 7. The minimum Gasteiger partial charge on any atom is -0.462 e. The quantitative estimate of drug-likeness (QED) is 0.0192. The van der Waals surface area contributed by atoms with Gasteiger partial charge in [0.1, 0.15) is 55.4 Å². The lowest BCUT2D eigenvalue weighted by atomic mass is 9.98. The molecule has 2 rings (SSSR count). The lowest BCUT2D eigenvalue weighted by molar-refractivity contribution is -0.332. The smallest absolute Gasteiger partial charge is 0.306 e. The summed E-state index contributed by atoms with van der Waals surface area (Å²) >= 11 is 0. The Morgan fingerprint density at radius 1 is 0.477 bits per heavy atom. The molecule has 7 N–H and O–H groups in total. The molecule has 11 atom stereocenters. The zero-order chi connectivity index (χ0) is 47.5. The van der Waals surface area contributed by atoms with Gasteiger partial charge < -0.3 is 64.2 Å². The fourth-order valence-corrected chi connectivity index (χ4v) is 7.91. The molecule has 0 amide bonds. The molecule has 380 valence electrons. The van der Waals surface area contributed by atoms with E-state index >= 15 is 0 Å². The van der Waals surface area contributed by atoms with Gasteiger partial charge in [-0.25, -0.2) is 0 Å². The van der Waals surface area contributed by atoms with Crippen molar-refractivity contribution < 1.29 is 73.8 Å². The molecule has 2 fully saturated rings. The van der Waals surface area contributed by atoms with Gasteiger partial charge in [-0.05, 0) is 64.2 Å². The number of aliphatic hydroxyl groups is 7. The highest BCUT2D eigenvalue weighted by Crippen LogP contribution is 2.26. The van der Waals surface area contributed by atoms with Gasteiger partial charge in [-0.3, -0.25) is 9.59 Å². The molecule has 0 radical (unpaired) electrons. The van der Waals surface area contributed by atoms with Gasteiger partial charge in [-0.2, -0.15) is 0 Å². The van der Waals surface area contributed by atoms with Crippen LogP contribution in [0.25, 0.3) is 0 Å². The maximum Gasteiger partial charge on any atom is 0.306 e. The molecular formula is C50H90O15. The molecule has 15 heteroatoms. The SMILES string of the molecule is CCCCCC/C=C/CCCCCCCCCC(=O)OC[C@H](CO[C@@H]1O[C@H](CO[C@@H]2O[C@H](CO)[C@H](O)C(O)C2O)[C@H](O)C(O)C1O)OC(=O)CCCCCCC/C=C/CCCCCCC. The summed E-state index contributed by atoms with van der Waals surface area (Å²) in [6.45, 7) is 2.56. The van der Waals surface area contributed by atoms with Crippen molar-refractivity contribution in [3.63, 3.8) is 0 Å². The van der Waals surface area contributed by atoms with Crippen molar-refractivity contribution in [2.45, 2.75) is 255 Å². The van der Waals surface area contributed by atoms with E-state index in [1.807, 2.05) is 0 Å². The highest BCUT2D eigenvalue weighted by atomic mass is 16.7. The second kappa shape index (κ2) is 37.9.